The summed E-state index contributed by atoms with van der Waals surface area (Å²) < 4.78 is 38.1. The first kappa shape index (κ1) is 14.5. The summed E-state index contributed by atoms with van der Waals surface area (Å²) in [5, 5.41) is 17.1. The van der Waals surface area contributed by atoms with Gasteiger partial charge in [0.1, 0.15) is 11.4 Å². The lowest BCUT2D eigenvalue weighted by Gasteiger charge is -2.07. The Balaban J connectivity index is 2.26. The van der Waals surface area contributed by atoms with Crippen LogP contribution in [-0.4, -0.2) is 5.11 Å². The van der Waals surface area contributed by atoms with Gasteiger partial charge in [-0.3, -0.25) is 0 Å². The van der Waals surface area contributed by atoms with E-state index < -0.39 is 17.5 Å². The van der Waals surface area contributed by atoms with Crippen molar-refractivity contribution < 1.29 is 18.3 Å². The van der Waals surface area contributed by atoms with Gasteiger partial charge in [0.15, 0.2) is 0 Å². The Hall–Kier alpha value is -1.89. The van der Waals surface area contributed by atoms with Crippen LogP contribution in [0.15, 0.2) is 57.2 Å². The van der Waals surface area contributed by atoms with E-state index in [4.69, 9.17) is 0 Å². The minimum absolute atomic E-state index is 0.0297. The Morgan fingerprint density at radius 3 is 2.35 bits per heavy atom. The summed E-state index contributed by atoms with van der Waals surface area (Å²) in [6, 6.07) is 9.43. The number of halogens is 4. The molecule has 0 fully saturated rings. The van der Waals surface area contributed by atoms with Crippen molar-refractivity contribution in [2.75, 3.05) is 0 Å². The van der Waals surface area contributed by atoms with Gasteiger partial charge in [-0.05, 0) is 36.4 Å². The quantitative estimate of drug-likeness (QED) is 0.709. The first-order chi connectivity index (χ1) is 9.36. The zero-order valence-electron chi connectivity index (χ0n) is 9.89. The van der Waals surface area contributed by atoms with E-state index in [2.05, 4.69) is 26.2 Å². The van der Waals surface area contributed by atoms with Crippen molar-refractivity contribution in [2.45, 2.75) is 6.18 Å². The number of nitrogens with zero attached hydrogens (tertiary/aromatic N) is 2. The molecule has 2 rings (SSSR count). The topological polar surface area (TPSA) is 45.0 Å². The normalized spacial score (nSPS) is 12.0. The Kier molecular flexibility index (Phi) is 4.08. The maximum absolute atomic E-state index is 12.4. The van der Waals surface area contributed by atoms with E-state index in [1.807, 2.05) is 0 Å². The molecule has 0 spiro atoms. The van der Waals surface area contributed by atoms with Gasteiger partial charge in [-0.1, -0.05) is 22.0 Å². The molecule has 0 bridgehead atoms. The summed E-state index contributed by atoms with van der Waals surface area (Å²) in [5.74, 6) is -0.571. The smallest absolute Gasteiger partial charge is 0.416 e. The molecule has 0 heterocycles. The lowest BCUT2D eigenvalue weighted by Crippen LogP contribution is -2.03. The maximum atomic E-state index is 12.4. The predicted octanol–water partition coefficient (Wildman–Crippen LogP) is 5.59. The van der Waals surface area contributed by atoms with Crippen molar-refractivity contribution in [3.8, 4) is 5.75 Å². The summed E-state index contributed by atoms with van der Waals surface area (Å²) in [5.41, 5.74) is -0.451. The molecule has 3 nitrogen and oxygen atoms in total. The number of benzene rings is 2. The van der Waals surface area contributed by atoms with Crippen molar-refractivity contribution in [3.63, 3.8) is 0 Å². The van der Waals surface area contributed by atoms with Crippen LogP contribution in [0, 0.1) is 0 Å². The monoisotopic (exact) mass is 344 g/mol. The zero-order valence-corrected chi connectivity index (χ0v) is 11.5. The van der Waals surface area contributed by atoms with Gasteiger partial charge in [-0.2, -0.15) is 18.3 Å². The number of hydrogen-bond donors (Lipinski definition) is 1. The van der Waals surface area contributed by atoms with Crippen LogP contribution in [-0.2, 0) is 6.18 Å². The van der Waals surface area contributed by atoms with Crippen LogP contribution >= 0.6 is 15.9 Å². The van der Waals surface area contributed by atoms with E-state index in [0.29, 0.717) is 11.8 Å². The first-order valence-electron chi connectivity index (χ1n) is 5.44. The average molecular weight is 345 g/mol. The molecule has 20 heavy (non-hydrogen) atoms. The number of aromatic hydroxyl groups is 1. The second-order valence-electron chi connectivity index (χ2n) is 3.88. The summed E-state index contributed by atoms with van der Waals surface area (Å²) in [4.78, 5) is 0. The number of rotatable bonds is 2. The molecule has 0 atom stereocenters. The Bertz CT molecular complexity index is 656. The lowest BCUT2D eigenvalue weighted by molar-refractivity contribution is -0.137. The van der Waals surface area contributed by atoms with Crippen molar-refractivity contribution in [1.82, 2.24) is 0 Å². The molecule has 104 valence electrons. The molecule has 1 N–H and O–H groups in total. The fourth-order valence-electron chi connectivity index (χ4n) is 1.43. The lowest BCUT2D eigenvalue weighted by atomic mass is 10.2. The van der Waals surface area contributed by atoms with Crippen LogP contribution in [0.25, 0.3) is 0 Å². The highest BCUT2D eigenvalue weighted by atomic mass is 79.9. The molecule has 0 radical (unpaired) electrons. The number of azo groups is 1. The molecule has 0 aliphatic carbocycles. The number of phenols is 1. The molecule has 0 saturated heterocycles. The molecular weight excluding hydrogens is 337 g/mol. The third-order valence-electron chi connectivity index (χ3n) is 2.38. The van der Waals surface area contributed by atoms with Crippen LogP contribution in [0.3, 0.4) is 0 Å². The average Bonchev–Trinajstić information content (AvgIpc) is 2.36. The fraction of sp³-hybridized carbons (Fsp3) is 0.0769. The highest BCUT2D eigenvalue weighted by Gasteiger charge is 2.31. The SMILES string of the molecule is Oc1cc(C(F)(F)F)ccc1/N=N/c1cccc(Br)c1. The van der Waals surface area contributed by atoms with Crippen LogP contribution < -0.4 is 0 Å². The van der Waals surface area contributed by atoms with Crippen LogP contribution in [0.5, 0.6) is 5.75 Å². The molecule has 2 aromatic rings. The highest BCUT2D eigenvalue weighted by molar-refractivity contribution is 9.10. The second kappa shape index (κ2) is 5.62. The van der Waals surface area contributed by atoms with E-state index in [1.165, 1.54) is 0 Å². The summed E-state index contributed by atoms with van der Waals surface area (Å²) in [6.45, 7) is 0. The van der Waals surface area contributed by atoms with Gasteiger partial charge in [0, 0.05) is 4.47 Å². The molecule has 0 aromatic heterocycles. The van der Waals surface area contributed by atoms with E-state index in [-0.39, 0.29) is 5.69 Å². The van der Waals surface area contributed by atoms with E-state index in [1.54, 1.807) is 24.3 Å². The van der Waals surface area contributed by atoms with Crippen LogP contribution in [0.4, 0.5) is 24.5 Å². The Morgan fingerprint density at radius 1 is 1.00 bits per heavy atom. The van der Waals surface area contributed by atoms with Crippen molar-refractivity contribution >= 4 is 27.3 Å². The van der Waals surface area contributed by atoms with Crippen LogP contribution in [0.1, 0.15) is 5.56 Å². The van der Waals surface area contributed by atoms with Gasteiger partial charge in [-0.25, -0.2) is 0 Å². The van der Waals surface area contributed by atoms with Gasteiger partial charge < -0.3 is 5.11 Å². The van der Waals surface area contributed by atoms with Crippen molar-refractivity contribution in [1.29, 1.82) is 0 Å². The third-order valence-corrected chi connectivity index (χ3v) is 2.88. The van der Waals surface area contributed by atoms with Gasteiger partial charge in [0.25, 0.3) is 0 Å². The number of phenolic OH excluding ortho intramolecular Hbond substituents is 1. The highest BCUT2D eigenvalue weighted by Crippen LogP contribution is 2.36. The molecular formula is C13H8BrF3N2O. The Labute approximate surface area is 120 Å². The fourth-order valence-corrected chi connectivity index (χ4v) is 1.82. The number of alkyl halides is 3. The largest absolute Gasteiger partial charge is 0.506 e. The van der Waals surface area contributed by atoms with E-state index in [0.717, 1.165) is 16.6 Å². The minimum atomic E-state index is -4.50. The summed E-state index contributed by atoms with van der Waals surface area (Å²) in [7, 11) is 0. The second-order valence-corrected chi connectivity index (χ2v) is 4.80. The number of hydrogen-bond acceptors (Lipinski definition) is 3. The standard InChI is InChI=1S/C13H8BrF3N2O/c14-9-2-1-3-10(7-9)18-19-11-5-4-8(6-12(11)20)13(15,16)17/h1-7,20H/b19-18+. The predicted molar refractivity (Wildman–Crippen MR) is 71.4 cm³/mol. The molecule has 0 aliphatic heterocycles. The molecule has 0 amide bonds. The van der Waals surface area contributed by atoms with Crippen molar-refractivity contribution in [3.05, 3.63) is 52.5 Å². The molecule has 0 unspecified atom stereocenters. The molecule has 7 heteroatoms. The first-order valence-corrected chi connectivity index (χ1v) is 6.23. The van der Waals surface area contributed by atoms with Crippen LogP contribution in [0.2, 0.25) is 0 Å². The van der Waals surface area contributed by atoms with Gasteiger partial charge >= 0.3 is 6.18 Å². The van der Waals surface area contributed by atoms with Gasteiger partial charge in [0.2, 0.25) is 0 Å². The van der Waals surface area contributed by atoms with E-state index in [9.17, 15) is 18.3 Å². The zero-order chi connectivity index (χ0) is 14.8. The molecule has 0 aliphatic rings. The minimum Gasteiger partial charge on any atom is -0.506 e. The molecule has 2 aromatic carbocycles. The Morgan fingerprint density at radius 2 is 1.75 bits per heavy atom. The van der Waals surface area contributed by atoms with Gasteiger partial charge in [0.05, 0.1) is 11.3 Å². The summed E-state index contributed by atoms with van der Waals surface area (Å²) >= 11 is 3.26. The van der Waals surface area contributed by atoms with Gasteiger partial charge in [-0.15, -0.1) is 5.11 Å². The maximum Gasteiger partial charge on any atom is 0.416 e. The third kappa shape index (κ3) is 3.57. The van der Waals surface area contributed by atoms with E-state index >= 15 is 0 Å². The van der Waals surface area contributed by atoms with Crippen molar-refractivity contribution in [2.24, 2.45) is 10.2 Å². The summed E-state index contributed by atoms with van der Waals surface area (Å²) in [6.07, 6.45) is -4.50. The molecule has 0 saturated carbocycles.